The molecule has 2 aromatic rings. The Balaban J connectivity index is 2.41. The van der Waals surface area contributed by atoms with Gasteiger partial charge in [0, 0.05) is 17.5 Å². The van der Waals surface area contributed by atoms with Gasteiger partial charge in [-0.05, 0) is 36.5 Å². The summed E-state index contributed by atoms with van der Waals surface area (Å²) in [5, 5.41) is 9.84. The fraction of sp³-hybridized carbons (Fsp3) is 0.375. The maximum Gasteiger partial charge on any atom is 0.0708 e. The highest BCUT2D eigenvalue weighted by molar-refractivity contribution is 5.82. The van der Waals surface area contributed by atoms with Crippen LogP contribution in [0.3, 0.4) is 0 Å². The molecule has 0 unspecified atom stereocenters. The van der Waals surface area contributed by atoms with Crippen LogP contribution in [0.2, 0.25) is 0 Å². The Labute approximate surface area is 108 Å². The first-order valence-electron chi connectivity index (χ1n) is 6.48. The highest BCUT2D eigenvalue weighted by Crippen LogP contribution is 2.25. The number of aryl methyl sites for hydroxylation is 1. The van der Waals surface area contributed by atoms with E-state index in [9.17, 15) is 0 Å². The van der Waals surface area contributed by atoms with Crippen molar-refractivity contribution in [2.45, 2.75) is 39.0 Å². The molecule has 0 aliphatic carbocycles. The van der Waals surface area contributed by atoms with E-state index in [4.69, 9.17) is 5.26 Å². The lowest BCUT2D eigenvalue weighted by atomic mass is 9.97. The van der Waals surface area contributed by atoms with Gasteiger partial charge in [-0.15, -0.1) is 0 Å². The minimum Gasteiger partial charge on any atom is -0.253 e. The number of rotatable bonds is 4. The van der Waals surface area contributed by atoms with Gasteiger partial charge in [-0.2, -0.15) is 5.26 Å². The molecule has 1 aromatic carbocycles. The number of hydrogen-bond acceptors (Lipinski definition) is 2. The van der Waals surface area contributed by atoms with Gasteiger partial charge in [0.05, 0.1) is 11.6 Å². The first-order chi connectivity index (χ1) is 8.72. The molecule has 1 heterocycles. The largest absolute Gasteiger partial charge is 0.253 e. The lowest BCUT2D eigenvalue weighted by Crippen LogP contribution is -1.97. The Morgan fingerprint density at radius 2 is 2.06 bits per heavy atom. The summed E-state index contributed by atoms with van der Waals surface area (Å²) in [5.41, 5.74) is 3.52. The van der Waals surface area contributed by atoms with Gasteiger partial charge >= 0.3 is 0 Å². The number of fused-ring (bicyclic) bond motifs is 1. The molecule has 18 heavy (non-hydrogen) atoms. The van der Waals surface area contributed by atoms with Gasteiger partial charge in [0.2, 0.25) is 0 Å². The monoisotopic (exact) mass is 238 g/mol. The molecule has 0 atom stereocenters. The number of hydrogen-bond donors (Lipinski definition) is 0. The van der Waals surface area contributed by atoms with Crippen LogP contribution in [0, 0.1) is 11.3 Å². The van der Waals surface area contributed by atoms with Gasteiger partial charge in [0.15, 0.2) is 0 Å². The molecule has 2 rings (SSSR count). The topological polar surface area (TPSA) is 36.7 Å². The van der Waals surface area contributed by atoms with Crippen LogP contribution in [0.15, 0.2) is 30.3 Å². The molecule has 0 fully saturated rings. The molecule has 0 amide bonds. The molecule has 0 aliphatic heterocycles. The lowest BCUT2D eigenvalue weighted by molar-refractivity contribution is 0.816. The Kier molecular flexibility index (Phi) is 3.94. The van der Waals surface area contributed by atoms with Crippen molar-refractivity contribution >= 4 is 10.9 Å². The summed E-state index contributed by atoms with van der Waals surface area (Å²) in [6, 6.07) is 12.7. The molecule has 92 valence electrons. The molecule has 2 heteroatoms. The third-order valence-electron chi connectivity index (χ3n) is 3.14. The van der Waals surface area contributed by atoms with Crippen LogP contribution >= 0.6 is 0 Å². The third-order valence-corrected chi connectivity index (χ3v) is 3.14. The number of pyridine rings is 1. The minimum absolute atomic E-state index is 0.493. The average Bonchev–Trinajstić information content (AvgIpc) is 2.38. The Bertz CT molecular complexity index is 579. The summed E-state index contributed by atoms with van der Waals surface area (Å²) < 4.78 is 0. The van der Waals surface area contributed by atoms with Crippen molar-refractivity contribution in [3.63, 3.8) is 0 Å². The molecule has 0 N–H and O–H groups in total. The van der Waals surface area contributed by atoms with Crippen LogP contribution in [-0.4, -0.2) is 4.98 Å². The molecular weight excluding hydrogens is 220 g/mol. The van der Waals surface area contributed by atoms with E-state index in [2.05, 4.69) is 49.2 Å². The van der Waals surface area contributed by atoms with E-state index in [1.165, 1.54) is 10.9 Å². The summed E-state index contributed by atoms with van der Waals surface area (Å²) in [6.07, 6.45) is 2.38. The van der Waals surface area contributed by atoms with Crippen molar-refractivity contribution in [1.29, 1.82) is 5.26 Å². The molecule has 0 aliphatic rings. The van der Waals surface area contributed by atoms with E-state index in [0.29, 0.717) is 12.3 Å². The van der Waals surface area contributed by atoms with Crippen molar-refractivity contribution in [1.82, 2.24) is 4.98 Å². The zero-order chi connectivity index (χ0) is 13.0. The summed E-state index contributed by atoms with van der Waals surface area (Å²) >= 11 is 0. The molecule has 0 bridgehead atoms. The van der Waals surface area contributed by atoms with Crippen molar-refractivity contribution < 1.29 is 0 Å². The number of aromatic nitrogens is 1. The summed E-state index contributed by atoms with van der Waals surface area (Å²) in [5.74, 6) is 0.493. The van der Waals surface area contributed by atoms with E-state index in [-0.39, 0.29) is 0 Å². The molecular formula is C16H18N2. The van der Waals surface area contributed by atoms with Crippen LogP contribution in [0.1, 0.15) is 43.9 Å². The normalized spacial score (nSPS) is 10.8. The molecule has 2 nitrogen and oxygen atoms in total. The first kappa shape index (κ1) is 12.6. The second-order valence-corrected chi connectivity index (χ2v) is 4.89. The number of benzene rings is 1. The van der Waals surface area contributed by atoms with Gasteiger partial charge in [-0.25, -0.2) is 0 Å². The maximum absolute atomic E-state index is 8.59. The SMILES string of the molecule is CC(C)c1cc(CCCC#N)nc2ccccc12. The van der Waals surface area contributed by atoms with Crippen molar-refractivity contribution in [2.24, 2.45) is 0 Å². The Hall–Kier alpha value is -1.88. The van der Waals surface area contributed by atoms with E-state index >= 15 is 0 Å². The van der Waals surface area contributed by atoms with Gasteiger partial charge in [0.1, 0.15) is 0 Å². The van der Waals surface area contributed by atoms with E-state index in [1.54, 1.807) is 0 Å². The second kappa shape index (κ2) is 5.64. The number of para-hydroxylation sites is 1. The predicted molar refractivity (Wildman–Crippen MR) is 74.4 cm³/mol. The average molecular weight is 238 g/mol. The first-order valence-corrected chi connectivity index (χ1v) is 6.48. The zero-order valence-electron chi connectivity index (χ0n) is 11.0. The summed E-state index contributed by atoms with van der Waals surface area (Å²) in [7, 11) is 0. The van der Waals surface area contributed by atoms with Crippen LogP contribution in [-0.2, 0) is 6.42 Å². The van der Waals surface area contributed by atoms with E-state index < -0.39 is 0 Å². The second-order valence-electron chi connectivity index (χ2n) is 4.89. The fourth-order valence-electron chi connectivity index (χ4n) is 2.21. The van der Waals surface area contributed by atoms with Crippen LogP contribution in [0.5, 0.6) is 0 Å². The van der Waals surface area contributed by atoms with Crippen LogP contribution < -0.4 is 0 Å². The molecule has 0 saturated carbocycles. The third kappa shape index (κ3) is 2.68. The Morgan fingerprint density at radius 3 is 2.78 bits per heavy atom. The Morgan fingerprint density at radius 1 is 1.28 bits per heavy atom. The van der Waals surface area contributed by atoms with E-state index in [1.807, 2.05) is 6.07 Å². The van der Waals surface area contributed by atoms with Crippen molar-refractivity contribution in [3.8, 4) is 6.07 Å². The summed E-state index contributed by atoms with van der Waals surface area (Å²) in [6.45, 7) is 4.42. The fourth-order valence-corrected chi connectivity index (χ4v) is 2.21. The molecule has 0 radical (unpaired) electrons. The molecule has 0 spiro atoms. The van der Waals surface area contributed by atoms with Gasteiger partial charge in [-0.3, -0.25) is 4.98 Å². The van der Waals surface area contributed by atoms with Crippen LogP contribution in [0.25, 0.3) is 10.9 Å². The minimum atomic E-state index is 0.493. The number of nitriles is 1. The number of nitrogens with zero attached hydrogens (tertiary/aromatic N) is 2. The zero-order valence-corrected chi connectivity index (χ0v) is 11.0. The predicted octanol–water partition coefficient (Wildman–Crippen LogP) is 4.20. The summed E-state index contributed by atoms with van der Waals surface area (Å²) in [4.78, 5) is 4.68. The van der Waals surface area contributed by atoms with Gasteiger partial charge in [0.25, 0.3) is 0 Å². The lowest BCUT2D eigenvalue weighted by Gasteiger charge is -2.12. The highest BCUT2D eigenvalue weighted by atomic mass is 14.7. The molecule has 1 aromatic heterocycles. The van der Waals surface area contributed by atoms with Gasteiger partial charge < -0.3 is 0 Å². The van der Waals surface area contributed by atoms with Gasteiger partial charge in [-0.1, -0.05) is 32.0 Å². The maximum atomic E-state index is 8.59. The highest BCUT2D eigenvalue weighted by Gasteiger charge is 2.08. The smallest absolute Gasteiger partial charge is 0.0708 e. The van der Waals surface area contributed by atoms with E-state index in [0.717, 1.165) is 24.1 Å². The van der Waals surface area contributed by atoms with Crippen molar-refractivity contribution in [2.75, 3.05) is 0 Å². The standard InChI is InChI=1S/C16H18N2/c1-12(2)15-11-13(7-5-6-10-17)18-16-9-4-3-8-14(15)16/h3-4,8-9,11-12H,5-7H2,1-2H3. The van der Waals surface area contributed by atoms with Crippen molar-refractivity contribution in [3.05, 3.63) is 41.6 Å². The molecule has 0 saturated heterocycles. The quantitative estimate of drug-likeness (QED) is 0.748. The van der Waals surface area contributed by atoms with Crippen LogP contribution in [0.4, 0.5) is 0 Å². The number of unbranched alkanes of at least 4 members (excludes halogenated alkanes) is 1.